The molecular weight excluding hydrogens is 206 g/mol. The summed E-state index contributed by atoms with van der Waals surface area (Å²) in [5.41, 5.74) is 5.94. The number of rotatable bonds is 1. The number of carbonyl (C=O) groups excluding carboxylic acids is 2. The van der Waals surface area contributed by atoms with Crippen molar-refractivity contribution in [2.45, 2.75) is 19.8 Å². The van der Waals surface area contributed by atoms with Crippen LogP contribution in [-0.2, 0) is 9.59 Å². The molecule has 2 N–H and O–H groups in total. The summed E-state index contributed by atoms with van der Waals surface area (Å²) in [7, 11) is 0. The predicted molar refractivity (Wildman–Crippen MR) is 59.5 cm³/mol. The van der Waals surface area contributed by atoms with Crippen molar-refractivity contribution in [3.63, 3.8) is 0 Å². The van der Waals surface area contributed by atoms with Gasteiger partial charge in [0, 0.05) is 12.8 Å². The normalized spacial score (nSPS) is 17.9. The van der Waals surface area contributed by atoms with E-state index in [1.54, 1.807) is 12.1 Å². The fourth-order valence-electron chi connectivity index (χ4n) is 1.81. The molecule has 0 unspecified atom stereocenters. The van der Waals surface area contributed by atoms with Crippen molar-refractivity contribution in [2.75, 3.05) is 10.6 Å². The van der Waals surface area contributed by atoms with Crippen LogP contribution in [0.1, 0.15) is 19.8 Å². The molecule has 1 aromatic heterocycles. The molecule has 1 saturated heterocycles. The van der Waals surface area contributed by atoms with Gasteiger partial charge in [-0.05, 0) is 18.1 Å². The van der Waals surface area contributed by atoms with Crippen molar-refractivity contribution in [2.24, 2.45) is 5.92 Å². The smallest absolute Gasteiger partial charge is 0.234 e. The Morgan fingerprint density at radius 1 is 1.31 bits per heavy atom. The number of hydrogen-bond donors (Lipinski definition) is 1. The molecule has 0 radical (unpaired) electrons. The third-order valence-electron chi connectivity index (χ3n) is 2.57. The first-order valence-corrected chi connectivity index (χ1v) is 5.15. The third-order valence-corrected chi connectivity index (χ3v) is 2.57. The maximum atomic E-state index is 11.7. The summed E-state index contributed by atoms with van der Waals surface area (Å²) in [5.74, 6) is 0.151. The SMILES string of the molecule is CC1CC(=O)N(c2ccc(N)nc2)C(=O)C1. The molecule has 1 aliphatic heterocycles. The van der Waals surface area contributed by atoms with Crippen LogP contribution in [0.5, 0.6) is 0 Å². The minimum absolute atomic E-state index is 0.123. The average molecular weight is 219 g/mol. The second kappa shape index (κ2) is 3.92. The number of nitrogens with zero attached hydrogens (tertiary/aromatic N) is 2. The van der Waals surface area contributed by atoms with Crippen molar-refractivity contribution < 1.29 is 9.59 Å². The first-order valence-electron chi connectivity index (χ1n) is 5.15. The Labute approximate surface area is 93.3 Å². The predicted octanol–water partition coefficient (Wildman–Crippen LogP) is 0.953. The minimum atomic E-state index is -0.171. The Morgan fingerprint density at radius 3 is 2.44 bits per heavy atom. The van der Waals surface area contributed by atoms with Crippen molar-refractivity contribution in [1.82, 2.24) is 4.98 Å². The highest BCUT2D eigenvalue weighted by Gasteiger charge is 2.31. The Morgan fingerprint density at radius 2 is 1.94 bits per heavy atom. The fraction of sp³-hybridized carbons (Fsp3) is 0.364. The Kier molecular flexibility index (Phi) is 2.60. The van der Waals surface area contributed by atoms with Gasteiger partial charge < -0.3 is 5.73 Å². The molecule has 16 heavy (non-hydrogen) atoms. The van der Waals surface area contributed by atoms with E-state index in [1.807, 2.05) is 6.92 Å². The zero-order valence-corrected chi connectivity index (χ0v) is 9.01. The molecule has 0 bridgehead atoms. The largest absolute Gasteiger partial charge is 0.384 e. The molecule has 5 nitrogen and oxygen atoms in total. The van der Waals surface area contributed by atoms with E-state index in [1.165, 1.54) is 11.1 Å². The molecule has 0 saturated carbocycles. The highest BCUT2D eigenvalue weighted by atomic mass is 16.2. The van der Waals surface area contributed by atoms with E-state index >= 15 is 0 Å². The van der Waals surface area contributed by atoms with Crippen LogP contribution in [0.4, 0.5) is 11.5 Å². The zero-order valence-electron chi connectivity index (χ0n) is 9.01. The highest BCUT2D eigenvalue weighted by Crippen LogP contribution is 2.24. The Hall–Kier alpha value is -1.91. The monoisotopic (exact) mass is 219 g/mol. The molecule has 2 amide bonds. The van der Waals surface area contributed by atoms with Gasteiger partial charge in [0.2, 0.25) is 11.8 Å². The maximum Gasteiger partial charge on any atom is 0.234 e. The van der Waals surface area contributed by atoms with Gasteiger partial charge >= 0.3 is 0 Å². The second-order valence-electron chi connectivity index (χ2n) is 4.08. The number of piperidine rings is 1. The number of carbonyl (C=O) groups is 2. The lowest BCUT2D eigenvalue weighted by Crippen LogP contribution is -2.42. The van der Waals surface area contributed by atoms with E-state index < -0.39 is 0 Å². The number of aromatic nitrogens is 1. The lowest BCUT2D eigenvalue weighted by atomic mass is 9.97. The van der Waals surface area contributed by atoms with E-state index in [-0.39, 0.29) is 17.7 Å². The first-order chi connectivity index (χ1) is 7.58. The molecule has 0 atom stereocenters. The van der Waals surface area contributed by atoms with E-state index in [4.69, 9.17) is 5.73 Å². The fourth-order valence-corrected chi connectivity index (χ4v) is 1.81. The summed E-state index contributed by atoms with van der Waals surface area (Å²) in [6.07, 6.45) is 2.24. The maximum absolute atomic E-state index is 11.7. The van der Waals surface area contributed by atoms with Crippen LogP contribution in [0.3, 0.4) is 0 Å². The molecule has 1 aliphatic rings. The lowest BCUT2D eigenvalue weighted by molar-refractivity contribution is -0.130. The van der Waals surface area contributed by atoms with Crippen LogP contribution < -0.4 is 10.6 Å². The summed E-state index contributed by atoms with van der Waals surface area (Å²) in [4.78, 5) is 28.6. The molecule has 2 heterocycles. The van der Waals surface area contributed by atoms with Crippen LogP contribution >= 0.6 is 0 Å². The van der Waals surface area contributed by atoms with Crippen LogP contribution in [0, 0.1) is 5.92 Å². The Balaban J connectivity index is 2.29. The van der Waals surface area contributed by atoms with Gasteiger partial charge in [-0.2, -0.15) is 0 Å². The van der Waals surface area contributed by atoms with Crippen LogP contribution in [0.15, 0.2) is 18.3 Å². The molecule has 84 valence electrons. The van der Waals surface area contributed by atoms with Gasteiger partial charge in [0.1, 0.15) is 5.82 Å². The molecule has 0 aliphatic carbocycles. The van der Waals surface area contributed by atoms with E-state index in [0.29, 0.717) is 24.3 Å². The number of anilines is 2. The van der Waals surface area contributed by atoms with Gasteiger partial charge in [-0.25, -0.2) is 9.88 Å². The standard InChI is InChI=1S/C11H13N3O2/c1-7-4-10(15)14(11(16)5-7)8-2-3-9(12)13-6-8/h2-3,6-7H,4-5H2,1H3,(H2,12,13). The minimum Gasteiger partial charge on any atom is -0.384 e. The molecule has 5 heteroatoms. The van der Waals surface area contributed by atoms with Crippen molar-refractivity contribution >= 4 is 23.3 Å². The molecule has 0 aromatic carbocycles. The van der Waals surface area contributed by atoms with Gasteiger partial charge in [-0.1, -0.05) is 6.92 Å². The van der Waals surface area contributed by atoms with E-state index in [9.17, 15) is 9.59 Å². The zero-order chi connectivity index (χ0) is 11.7. The van der Waals surface area contributed by atoms with Gasteiger partial charge in [0.25, 0.3) is 0 Å². The topological polar surface area (TPSA) is 76.3 Å². The van der Waals surface area contributed by atoms with Gasteiger partial charge in [0.05, 0.1) is 11.9 Å². The van der Waals surface area contributed by atoms with Crippen LogP contribution in [0.2, 0.25) is 0 Å². The number of pyridine rings is 1. The number of nitrogens with two attached hydrogens (primary N) is 1. The third kappa shape index (κ3) is 1.88. The van der Waals surface area contributed by atoms with E-state index in [0.717, 1.165) is 0 Å². The second-order valence-corrected chi connectivity index (χ2v) is 4.08. The summed E-state index contributed by atoms with van der Waals surface area (Å²) in [5, 5.41) is 0. The summed E-state index contributed by atoms with van der Waals surface area (Å²) in [6.45, 7) is 1.90. The molecule has 1 fully saturated rings. The molecule has 0 spiro atoms. The quantitative estimate of drug-likeness (QED) is 0.713. The Bertz CT molecular complexity index is 409. The first kappa shape index (κ1) is 10.6. The highest BCUT2D eigenvalue weighted by molar-refractivity contribution is 6.16. The van der Waals surface area contributed by atoms with E-state index in [2.05, 4.69) is 4.98 Å². The summed E-state index contributed by atoms with van der Waals surface area (Å²) >= 11 is 0. The summed E-state index contributed by atoms with van der Waals surface area (Å²) in [6, 6.07) is 3.21. The lowest BCUT2D eigenvalue weighted by Gasteiger charge is -2.27. The van der Waals surface area contributed by atoms with Gasteiger partial charge in [-0.15, -0.1) is 0 Å². The van der Waals surface area contributed by atoms with Crippen LogP contribution in [-0.4, -0.2) is 16.8 Å². The molecule has 1 aromatic rings. The molecule has 2 rings (SSSR count). The number of hydrogen-bond acceptors (Lipinski definition) is 4. The molecular formula is C11H13N3O2. The van der Waals surface area contributed by atoms with Crippen LogP contribution in [0.25, 0.3) is 0 Å². The average Bonchev–Trinajstić information content (AvgIpc) is 2.19. The van der Waals surface area contributed by atoms with Gasteiger partial charge in [-0.3, -0.25) is 9.59 Å². The van der Waals surface area contributed by atoms with Crippen molar-refractivity contribution in [3.05, 3.63) is 18.3 Å². The van der Waals surface area contributed by atoms with Crippen molar-refractivity contribution in [1.29, 1.82) is 0 Å². The number of imide groups is 1. The number of amides is 2. The van der Waals surface area contributed by atoms with Crippen molar-refractivity contribution in [3.8, 4) is 0 Å². The summed E-state index contributed by atoms with van der Waals surface area (Å²) < 4.78 is 0. The van der Waals surface area contributed by atoms with Gasteiger partial charge in [0.15, 0.2) is 0 Å². The number of nitrogen functional groups attached to an aromatic ring is 1.